The monoisotopic (exact) mass is 523 g/mol. The van der Waals surface area contributed by atoms with Crippen LogP contribution in [0.1, 0.15) is 77.0 Å². The van der Waals surface area contributed by atoms with Gasteiger partial charge < -0.3 is 14.7 Å². The number of rotatable bonds is 6. The normalized spacial score (nSPS) is 38.6. The molecule has 0 bridgehead atoms. The van der Waals surface area contributed by atoms with E-state index >= 15 is 0 Å². The van der Waals surface area contributed by atoms with Crippen LogP contribution in [-0.2, 0) is 9.53 Å². The molecule has 2 N–H and O–H groups in total. The van der Waals surface area contributed by atoms with E-state index in [1.807, 2.05) is 0 Å². The minimum absolute atomic E-state index is 0.185. The molecule has 1 saturated heterocycles. The molecule has 8 unspecified atom stereocenters. The van der Waals surface area contributed by atoms with Gasteiger partial charge in [-0.25, -0.2) is 15.2 Å². The first kappa shape index (κ1) is 26.1. The van der Waals surface area contributed by atoms with Gasteiger partial charge in [-0.15, -0.1) is 0 Å². The third-order valence-electron chi connectivity index (χ3n) is 10.1. The first-order chi connectivity index (χ1) is 18.6. The summed E-state index contributed by atoms with van der Waals surface area (Å²) in [5.74, 6) is 1.63. The lowest BCUT2D eigenvalue weighted by Crippen LogP contribution is -2.52. The number of hydrogen-bond acceptors (Lipinski definition) is 5. The maximum absolute atomic E-state index is 13.9. The van der Waals surface area contributed by atoms with Gasteiger partial charge in [-0.1, -0.05) is 36.5 Å². The average Bonchev–Trinajstić information content (AvgIpc) is 3.69. The first-order valence-electron chi connectivity index (χ1n) is 15.3. The van der Waals surface area contributed by atoms with Gasteiger partial charge in [-0.05, 0) is 101 Å². The molecule has 5 aliphatic carbocycles. The Kier molecular flexibility index (Phi) is 7.94. The molecule has 3 saturated carbocycles. The molecule has 208 valence electrons. The van der Waals surface area contributed by atoms with Crippen LogP contribution >= 0.6 is 0 Å². The molecule has 1 heterocycles. The summed E-state index contributed by atoms with van der Waals surface area (Å²) in [7, 11) is 0. The summed E-state index contributed by atoms with van der Waals surface area (Å²) in [6, 6.07) is 0.811. The lowest BCUT2D eigenvalue weighted by Gasteiger charge is -2.43. The van der Waals surface area contributed by atoms with Crippen molar-refractivity contribution in [2.75, 3.05) is 13.2 Å². The highest BCUT2D eigenvalue weighted by atomic mass is 16.6. The molecule has 0 radical (unpaired) electrons. The Morgan fingerprint density at radius 2 is 1.79 bits per heavy atom. The lowest BCUT2D eigenvalue weighted by atomic mass is 9.72. The summed E-state index contributed by atoms with van der Waals surface area (Å²) >= 11 is 0. The molecule has 1 aliphatic heterocycles. The van der Waals surface area contributed by atoms with Crippen molar-refractivity contribution in [1.82, 2.24) is 15.3 Å². The van der Waals surface area contributed by atoms with E-state index in [9.17, 15) is 14.7 Å². The van der Waals surface area contributed by atoms with Crippen LogP contribution < -0.4 is 5.43 Å². The number of carbonyl (C=O) groups excluding carboxylic acids is 2. The van der Waals surface area contributed by atoms with Gasteiger partial charge in [-0.2, -0.15) is 0 Å². The quantitative estimate of drug-likeness (QED) is 0.492. The largest absolute Gasteiger partial charge is 0.448 e. The number of ether oxygens (including phenoxy) is 1. The standard InChI is InChI=1S/C31H45N3O4/c35-29-18-23(22-9-5-2-6-10-22)11-15-27(29)30(36)34(25-12-13-25)26-14-16-28-24(17-26)19-33(32-28)31(37)38-20-21-7-3-1-4-8-21/h1-3,5-6,9,21-29,32,35H,4,7-8,10-20H2. The second-order valence-electron chi connectivity index (χ2n) is 12.7. The zero-order valence-corrected chi connectivity index (χ0v) is 22.6. The van der Waals surface area contributed by atoms with Crippen LogP contribution in [0.3, 0.4) is 0 Å². The summed E-state index contributed by atoms with van der Waals surface area (Å²) in [6.45, 7) is 1.13. The van der Waals surface area contributed by atoms with Gasteiger partial charge in [0.2, 0.25) is 5.91 Å². The molecule has 0 aromatic carbocycles. The zero-order valence-electron chi connectivity index (χ0n) is 22.6. The van der Waals surface area contributed by atoms with Gasteiger partial charge >= 0.3 is 6.09 Å². The fourth-order valence-electron chi connectivity index (χ4n) is 7.76. The molecule has 7 heteroatoms. The van der Waals surface area contributed by atoms with E-state index < -0.39 is 6.10 Å². The van der Waals surface area contributed by atoms with Gasteiger partial charge in [0, 0.05) is 24.7 Å². The third kappa shape index (κ3) is 5.74. The number of hydrazine groups is 1. The van der Waals surface area contributed by atoms with Crippen molar-refractivity contribution in [2.24, 2.45) is 29.6 Å². The average molecular weight is 524 g/mol. The summed E-state index contributed by atoms with van der Waals surface area (Å²) in [6.07, 6.45) is 24.0. The van der Waals surface area contributed by atoms with E-state index in [4.69, 9.17) is 4.74 Å². The Bertz CT molecular complexity index is 959. The molecular weight excluding hydrogens is 478 g/mol. The number of nitrogens with one attached hydrogen (secondary N) is 1. The summed E-state index contributed by atoms with van der Waals surface area (Å²) in [4.78, 5) is 28.9. The Balaban J connectivity index is 1.03. The fraction of sp³-hybridized carbons (Fsp3) is 0.742. The summed E-state index contributed by atoms with van der Waals surface area (Å²) < 4.78 is 5.67. The Hall–Kier alpha value is -2.12. The molecule has 38 heavy (non-hydrogen) atoms. The minimum atomic E-state index is -0.545. The zero-order chi connectivity index (χ0) is 26.1. The first-order valence-corrected chi connectivity index (χ1v) is 15.3. The molecular formula is C31H45N3O4. The predicted molar refractivity (Wildman–Crippen MR) is 146 cm³/mol. The maximum atomic E-state index is 13.9. The van der Waals surface area contributed by atoms with Crippen LogP contribution in [-0.4, -0.2) is 64.4 Å². The maximum Gasteiger partial charge on any atom is 0.424 e. The number of allylic oxidation sites excluding steroid dienone is 6. The topological polar surface area (TPSA) is 82.1 Å². The van der Waals surface area contributed by atoms with Crippen LogP contribution in [0.5, 0.6) is 0 Å². The second-order valence-corrected chi connectivity index (χ2v) is 12.7. The Morgan fingerprint density at radius 1 is 0.921 bits per heavy atom. The van der Waals surface area contributed by atoms with Gasteiger partial charge in [0.1, 0.15) is 0 Å². The highest BCUT2D eigenvalue weighted by Crippen LogP contribution is 2.42. The minimum Gasteiger partial charge on any atom is -0.448 e. The summed E-state index contributed by atoms with van der Waals surface area (Å²) in [5.41, 5.74) is 3.41. The molecule has 0 aromatic heterocycles. The van der Waals surface area contributed by atoms with Crippen molar-refractivity contribution in [3.63, 3.8) is 0 Å². The number of carbonyl (C=O) groups is 2. The highest BCUT2D eigenvalue weighted by molar-refractivity contribution is 5.80. The van der Waals surface area contributed by atoms with E-state index in [0.29, 0.717) is 42.9 Å². The summed E-state index contributed by atoms with van der Waals surface area (Å²) in [5, 5.41) is 12.8. The molecule has 6 rings (SSSR count). The number of nitrogens with zero attached hydrogens (tertiary/aromatic N) is 2. The van der Waals surface area contributed by atoms with Gasteiger partial charge in [0.05, 0.1) is 18.6 Å². The van der Waals surface area contributed by atoms with Crippen LogP contribution in [0.25, 0.3) is 0 Å². The van der Waals surface area contributed by atoms with Gasteiger partial charge in [-0.3, -0.25) is 4.79 Å². The van der Waals surface area contributed by atoms with E-state index in [-0.39, 0.29) is 30.0 Å². The number of hydrogen-bond donors (Lipinski definition) is 2. The molecule has 7 nitrogen and oxygen atoms in total. The second kappa shape index (κ2) is 11.5. The van der Waals surface area contributed by atoms with Crippen molar-refractivity contribution in [1.29, 1.82) is 0 Å². The molecule has 8 atom stereocenters. The Morgan fingerprint density at radius 3 is 2.53 bits per heavy atom. The van der Waals surface area contributed by atoms with Crippen molar-refractivity contribution in [2.45, 2.75) is 101 Å². The van der Waals surface area contributed by atoms with Crippen LogP contribution in [0, 0.1) is 29.6 Å². The molecule has 2 amide bonds. The number of amides is 2. The van der Waals surface area contributed by atoms with Crippen molar-refractivity contribution in [3.05, 3.63) is 36.5 Å². The van der Waals surface area contributed by atoms with Gasteiger partial charge in [0.15, 0.2) is 0 Å². The number of aliphatic hydroxyl groups excluding tert-OH is 1. The number of aliphatic hydroxyl groups is 1. The van der Waals surface area contributed by atoms with Crippen molar-refractivity contribution >= 4 is 12.0 Å². The SMILES string of the molecule is O=C(OCC1CC=CCC1)N1CC2CC(N(C(=O)C3CCC(C4C=CC=CC4)CC3O)C3CC3)CCC2N1. The lowest BCUT2D eigenvalue weighted by molar-refractivity contribution is -0.146. The predicted octanol–water partition coefficient (Wildman–Crippen LogP) is 4.74. The van der Waals surface area contributed by atoms with E-state index in [0.717, 1.165) is 77.0 Å². The highest BCUT2D eigenvalue weighted by Gasteiger charge is 2.48. The van der Waals surface area contributed by atoms with Gasteiger partial charge in [0.25, 0.3) is 0 Å². The van der Waals surface area contributed by atoms with Crippen molar-refractivity contribution in [3.8, 4) is 0 Å². The Labute approximate surface area is 227 Å². The molecule has 0 aromatic rings. The van der Waals surface area contributed by atoms with Crippen molar-refractivity contribution < 1.29 is 19.4 Å². The van der Waals surface area contributed by atoms with E-state index in [1.54, 1.807) is 5.01 Å². The molecule has 4 fully saturated rings. The molecule has 0 spiro atoms. The van der Waals surface area contributed by atoms with E-state index in [1.165, 1.54) is 0 Å². The van der Waals surface area contributed by atoms with Crippen LogP contribution in [0.15, 0.2) is 36.5 Å². The van der Waals surface area contributed by atoms with E-state index in [2.05, 4.69) is 46.8 Å². The smallest absolute Gasteiger partial charge is 0.424 e. The fourth-order valence-corrected chi connectivity index (χ4v) is 7.76. The number of fused-ring (bicyclic) bond motifs is 1. The van der Waals surface area contributed by atoms with Crippen LogP contribution in [0.4, 0.5) is 4.79 Å². The van der Waals surface area contributed by atoms with Crippen LogP contribution in [0.2, 0.25) is 0 Å². The molecule has 6 aliphatic rings. The third-order valence-corrected chi connectivity index (χ3v) is 10.1.